The van der Waals surface area contributed by atoms with Crippen LogP contribution < -0.4 is 10.9 Å². The van der Waals surface area contributed by atoms with Crippen molar-refractivity contribution in [2.24, 2.45) is 0 Å². The fourth-order valence-corrected chi connectivity index (χ4v) is 2.06. The number of pyridine rings is 1. The maximum atomic E-state index is 12.3. The molecule has 7 nitrogen and oxygen atoms in total. The zero-order chi connectivity index (χ0) is 15.5. The third kappa shape index (κ3) is 2.64. The highest BCUT2D eigenvalue weighted by Crippen LogP contribution is 2.18. The van der Waals surface area contributed by atoms with Crippen molar-refractivity contribution in [3.63, 3.8) is 0 Å². The first-order valence-electron chi connectivity index (χ1n) is 6.53. The van der Waals surface area contributed by atoms with Crippen LogP contribution in [0.3, 0.4) is 0 Å². The predicted molar refractivity (Wildman–Crippen MR) is 80.5 cm³/mol. The third-order valence-corrected chi connectivity index (χ3v) is 3.08. The van der Waals surface area contributed by atoms with Gasteiger partial charge in [0.25, 0.3) is 5.56 Å². The highest BCUT2D eigenvalue weighted by atomic mass is 16.3. The van der Waals surface area contributed by atoms with E-state index in [-0.39, 0.29) is 29.1 Å². The minimum Gasteiger partial charge on any atom is -0.506 e. The van der Waals surface area contributed by atoms with Gasteiger partial charge in [-0.05, 0) is 24.3 Å². The van der Waals surface area contributed by atoms with Gasteiger partial charge in [0, 0.05) is 6.20 Å². The van der Waals surface area contributed by atoms with Crippen molar-refractivity contribution < 1.29 is 9.90 Å². The number of para-hydroxylation sites is 1. The van der Waals surface area contributed by atoms with Gasteiger partial charge in [-0.3, -0.25) is 14.2 Å². The van der Waals surface area contributed by atoms with E-state index in [0.29, 0.717) is 5.82 Å². The normalized spacial score (nSPS) is 10.5. The van der Waals surface area contributed by atoms with Crippen molar-refractivity contribution in [1.82, 2.24) is 14.5 Å². The van der Waals surface area contributed by atoms with Crippen LogP contribution in [0, 0.1) is 0 Å². The van der Waals surface area contributed by atoms with Gasteiger partial charge in [-0.1, -0.05) is 12.1 Å². The number of aromatic nitrogens is 3. The van der Waals surface area contributed by atoms with Gasteiger partial charge in [0.1, 0.15) is 23.6 Å². The first kappa shape index (κ1) is 13.7. The minimum absolute atomic E-state index is 0.0697. The lowest BCUT2D eigenvalue weighted by molar-refractivity contribution is -0.116. The van der Waals surface area contributed by atoms with Crippen LogP contribution >= 0.6 is 0 Å². The lowest BCUT2D eigenvalue weighted by atomic mass is 10.2. The summed E-state index contributed by atoms with van der Waals surface area (Å²) in [6.45, 7) is -0.187. The number of carbonyl (C=O) groups excluding carboxylic acids is 1. The van der Waals surface area contributed by atoms with Crippen LogP contribution in [0.15, 0.2) is 53.7 Å². The lowest BCUT2D eigenvalue weighted by Gasteiger charge is -2.07. The molecule has 0 aliphatic heterocycles. The van der Waals surface area contributed by atoms with Crippen molar-refractivity contribution in [2.75, 3.05) is 5.32 Å². The van der Waals surface area contributed by atoms with Crippen molar-refractivity contribution in [1.29, 1.82) is 0 Å². The highest BCUT2D eigenvalue weighted by Gasteiger charge is 2.10. The average Bonchev–Trinajstić information content (AvgIpc) is 2.52. The van der Waals surface area contributed by atoms with Gasteiger partial charge < -0.3 is 10.4 Å². The van der Waals surface area contributed by atoms with E-state index < -0.39 is 5.56 Å². The number of phenols is 1. The molecule has 2 heterocycles. The van der Waals surface area contributed by atoms with E-state index in [4.69, 9.17) is 0 Å². The molecule has 0 atom stereocenters. The van der Waals surface area contributed by atoms with Crippen LogP contribution in [0.4, 0.5) is 5.82 Å². The number of amides is 1. The summed E-state index contributed by atoms with van der Waals surface area (Å²) in [5.41, 5.74) is -0.175. The molecule has 0 saturated carbocycles. The van der Waals surface area contributed by atoms with E-state index in [9.17, 15) is 14.7 Å². The van der Waals surface area contributed by atoms with Crippen LogP contribution in [0.1, 0.15) is 0 Å². The number of aromatic hydroxyl groups is 1. The summed E-state index contributed by atoms with van der Waals surface area (Å²) in [4.78, 5) is 32.2. The third-order valence-electron chi connectivity index (χ3n) is 3.08. The number of nitrogens with zero attached hydrogens (tertiary/aromatic N) is 3. The molecule has 0 aliphatic carbocycles. The topological polar surface area (TPSA) is 97.1 Å². The van der Waals surface area contributed by atoms with Gasteiger partial charge in [-0.25, -0.2) is 9.97 Å². The number of anilines is 1. The molecule has 0 bridgehead atoms. The molecule has 1 amide bonds. The highest BCUT2D eigenvalue weighted by molar-refractivity contribution is 5.90. The molecule has 0 saturated heterocycles. The molecule has 0 radical (unpaired) electrons. The molecule has 2 aromatic heterocycles. The first-order valence-corrected chi connectivity index (χ1v) is 6.53. The molecule has 3 aromatic rings. The Kier molecular flexibility index (Phi) is 3.53. The van der Waals surface area contributed by atoms with Crippen LogP contribution in [0.2, 0.25) is 0 Å². The van der Waals surface area contributed by atoms with E-state index in [1.807, 2.05) is 0 Å². The molecular formula is C15H12N4O3. The Labute approximate surface area is 124 Å². The number of phenolic OH excluding ortho intramolecular Hbond substituents is 1. The first-order chi connectivity index (χ1) is 10.6. The van der Waals surface area contributed by atoms with Crippen molar-refractivity contribution in [3.8, 4) is 5.75 Å². The van der Waals surface area contributed by atoms with Crippen molar-refractivity contribution in [2.45, 2.75) is 6.54 Å². The fourth-order valence-electron chi connectivity index (χ4n) is 2.06. The van der Waals surface area contributed by atoms with Gasteiger partial charge in [0.2, 0.25) is 5.91 Å². The summed E-state index contributed by atoms with van der Waals surface area (Å²) in [5, 5.41) is 12.5. The maximum Gasteiger partial charge on any atom is 0.261 e. The van der Waals surface area contributed by atoms with Gasteiger partial charge in [0.15, 0.2) is 0 Å². The molecule has 3 rings (SSSR count). The van der Waals surface area contributed by atoms with E-state index in [1.165, 1.54) is 17.0 Å². The smallest absolute Gasteiger partial charge is 0.261 e. The largest absolute Gasteiger partial charge is 0.506 e. The molecule has 0 unspecified atom stereocenters. The Balaban J connectivity index is 1.87. The molecule has 2 N–H and O–H groups in total. The summed E-state index contributed by atoms with van der Waals surface area (Å²) < 4.78 is 1.18. The Morgan fingerprint density at radius 2 is 2.05 bits per heavy atom. The number of hydrogen-bond acceptors (Lipinski definition) is 5. The Morgan fingerprint density at radius 3 is 2.82 bits per heavy atom. The summed E-state index contributed by atoms with van der Waals surface area (Å²) >= 11 is 0. The Hall–Kier alpha value is -3.22. The zero-order valence-corrected chi connectivity index (χ0v) is 11.4. The number of fused-ring (bicyclic) bond motifs is 1. The lowest BCUT2D eigenvalue weighted by Crippen LogP contribution is -2.28. The molecule has 0 fully saturated rings. The van der Waals surface area contributed by atoms with Crippen molar-refractivity contribution in [3.05, 3.63) is 59.3 Å². The molecule has 0 spiro atoms. The van der Waals surface area contributed by atoms with Gasteiger partial charge >= 0.3 is 0 Å². The van der Waals surface area contributed by atoms with Crippen LogP contribution in [-0.2, 0) is 11.3 Å². The molecule has 22 heavy (non-hydrogen) atoms. The summed E-state index contributed by atoms with van der Waals surface area (Å²) in [5.74, 6) is -0.0475. The zero-order valence-electron chi connectivity index (χ0n) is 11.4. The standard InChI is InChI=1S/C15H12N4O3/c20-11-5-3-4-10-14(11)17-9-19(15(10)22)8-13(21)18-12-6-1-2-7-16-12/h1-7,9,20H,8H2,(H,16,18,21). The summed E-state index contributed by atoms with van der Waals surface area (Å²) in [6.07, 6.45) is 2.80. The second-order valence-electron chi connectivity index (χ2n) is 4.61. The molecule has 7 heteroatoms. The summed E-state index contributed by atoms with van der Waals surface area (Å²) in [7, 11) is 0. The number of hydrogen-bond donors (Lipinski definition) is 2. The van der Waals surface area contributed by atoms with E-state index in [0.717, 1.165) is 0 Å². The Bertz CT molecular complexity index is 890. The SMILES string of the molecule is O=C(Cn1cnc2c(O)cccc2c1=O)Nc1ccccn1. The molecular weight excluding hydrogens is 284 g/mol. The summed E-state index contributed by atoms with van der Waals surface area (Å²) in [6, 6.07) is 9.69. The van der Waals surface area contributed by atoms with Gasteiger partial charge in [-0.2, -0.15) is 0 Å². The van der Waals surface area contributed by atoms with E-state index in [1.54, 1.807) is 36.5 Å². The second-order valence-corrected chi connectivity index (χ2v) is 4.61. The van der Waals surface area contributed by atoms with Crippen molar-refractivity contribution >= 4 is 22.6 Å². The van der Waals surface area contributed by atoms with E-state index >= 15 is 0 Å². The van der Waals surface area contributed by atoms with Crippen LogP contribution in [0.5, 0.6) is 5.75 Å². The Morgan fingerprint density at radius 1 is 1.18 bits per heavy atom. The molecule has 0 aliphatic rings. The average molecular weight is 296 g/mol. The molecule has 1 aromatic carbocycles. The van der Waals surface area contributed by atoms with Gasteiger partial charge in [0.05, 0.1) is 11.7 Å². The van der Waals surface area contributed by atoms with Crippen LogP contribution in [0.25, 0.3) is 10.9 Å². The number of nitrogens with one attached hydrogen (secondary N) is 1. The monoisotopic (exact) mass is 296 g/mol. The number of rotatable bonds is 3. The predicted octanol–water partition coefficient (Wildman–Crippen LogP) is 1.14. The fraction of sp³-hybridized carbons (Fsp3) is 0.0667. The maximum absolute atomic E-state index is 12.3. The number of benzene rings is 1. The quantitative estimate of drug-likeness (QED) is 0.755. The number of carbonyl (C=O) groups is 1. The van der Waals surface area contributed by atoms with E-state index in [2.05, 4.69) is 15.3 Å². The molecule has 110 valence electrons. The minimum atomic E-state index is -0.392. The second kappa shape index (κ2) is 5.65. The van der Waals surface area contributed by atoms with Gasteiger partial charge in [-0.15, -0.1) is 0 Å². The van der Waals surface area contributed by atoms with Crippen LogP contribution in [-0.4, -0.2) is 25.5 Å².